The molecule has 0 spiro atoms. The molecule has 0 saturated carbocycles. The van der Waals surface area contributed by atoms with Gasteiger partial charge < -0.3 is 23.5 Å². The van der Waals surface area contributed by atoms with Crippen LogP contribution in [0.2, 0.25) is 0 Å². The highest BCUT2D eigenvalue weighted by Crippen LogP contribution is 2.38. The number of hydrogen-bond donors (Lipinski definition) is 0. The van der Waals surface area contributed by atoms with E-state index in [2.05, 4.69) is 4.90 Å². The van der Waals surface area contributed by atoms with Crippen LogP contribution in [-0.4, -0.2) is 55.8 Å². The lowest BCUT2D eigenvalue weighted by molar-refractivity contribution is 0.0760. The highest BCUT2D eigenvalue weighted by atomic mass is 16.7. The highest BCUT2D eigenvalue weighted by Gasteiger charge is 2.23. The molecular weight excluding hydrogens is 336 g/mol. The number of hydrogen-bond acceptors (Lipinski definition) is 6. The summed E-state index contributed by atoms with van der Waals surface area (Å²) >= 11 is 0. The molecule has 1 fully saturated rings. The number of fused-ring (bicyclic) bond motifs is 1. The maximum absolute atomic E-state index is 12.5. The molecule has 7 nitrogen and oxygen atoms in total. The monoisotopic (exact) mass is 358 g/mol. The summed E-state index contributed by atoms with van der Waals surface area (Å²) in [6, 6.07) is 5.58. The summed E-state index contributed by atoms with van der Waals surface area (Å²) < 4.78 is 21.4. The van der Waals surface area contributed by atoms with E-state index in [1.165, 1.54) is 12.5 Å². The van der Waals surface area contributed by atoms with Crippen molar-refractivity contribution < 1.29 is 23.4 Å². The fourth-order valence-electron chi connectivity index (χ4n) is 3.42. The van der Waals surface area contributed by atoms with E-state index < -0.39 is 0 Å². The van der Waals surface area contributed by atoms with Gasteiger partial charge in [-0.2, -0.15) is 0 Å². The van der Waals surface area contributed by atoms with Crippen molar-refractivity contribution >= 4 is 5.91 Å². The van der Waals surface area contributed by atoms with Gasteiger partial charge >= 0.3 is 0 Å². The molecule has 2 aromatic rings. The number of amides is 1. The number of methoxy groups -OCH3 is 1. The van der Waals surface area contributed by atoms with Crippen LogP contribution in [0.25, 0.3) is 0 Å². The Bertz CT molecular complexity index is 774. The standard InChI is InChI=1S/C19H22N2O5/c1-23-16-10-18-17(25-13-26-18)9-15(16)11-20-4-2-5-21(7-6-20)19(22)14-3-8-24-12-14/h3,8-10,12H,2,4-7,11,13H2,1H3. The minimum atomic E-state index is 0.0289. The molecule has 26 heavy (non-hydrogen) atoms. The number of nitrogens with zero attached hydrogens (tertiary/aromatic N) is 2. The topological polar surface area (TPSA) is 64.4 Å². The largest absolute Gasteiger partial charge is 0.496 e. The van der Waals surface area contributed by atoms with Crippen LogP contribution in [0.3, 0.4) is 0 Å². The maximum Gasteiger partial charge on any atom is 0.257 e. The van der Waals surface area contributed by atoms with Gasteiger partial charge in [-0.1, -0.05) is 0 Å². The first-order chi connectivity index (χ1) is 12.7. The third-order valence-corrected chi connectivity index (χ3v) is 4.81. The summed E-state index contributed by atoms with van der Waals surface area (Å²) in [4.78, 5) is 16.7. The number of ether oxygens (including phenoxy) is 3. The molecule has 1 aromatic carbocycles. The molecule has 7 heteroatoms. The van der Waals surface area contributed by atoms with E-state index >= 15 is 0 Å². The molecule has 0 aliphatic carbocycles. The van der Waals surface area contributed by atoms with Crippen molar-refractivity contribution in [1.82, 2.24) is 9.80 Å². The van der Waals surface area contributed by atoms with E-state index in [1.807, 2.05) is 17.0 Å². The zero-order chi connectivity index (χ0) is 17.9. The molecule has 2 aliphatic heterocycles. The van der Waals surface area contributed by atoms with Crippen LogP contribution in [-0.2, 0) is 6.54 Å². The second-order valence-corrected chi connectivity index (χ2v) is 6.45. The van der Waals surface area contributed by atoms with Crippen molar-refractivity contribution in [3.8, 4) is 17.2 Å². The van der Waals surface area contributed by atoms with Gasteiger partial charge in [-0.3, -0.25) is 9.69 Å². The lowest BCUT2D eigenvalue weighted by atomic mass is 10.1. The molecule has 2 aliphatic rings. The average Bonchev–Trinajstić information content (AvgIpc) is 3.29. The smallest absolute Gasteiger partial charge is 0.257 e. The first-order valence-electron chi connectivity index (χ1n) is 8.75. The predicted octanol–water partition coefficient (Wildman–Crippen LogP) is 2.37. The van der Waals surface area contributed by atoms with Crippen LogP contribution < -0.4 is 14.2 Å². The zero-order valence-electron chi connectivity index (χ0n) is 14.8. The number of rotatable bonds is 4. The van der Waals surface area contributed by atoms with Crippen LogP contribution in [0, 0.1) is 0 Å². The first-order valence-corrected chi connectivity index (χ1v) is 8.75. The fraction of sp³-hybridized carbons (Fsp3) is 0.421. The van der Waals surface area contributed by atoms with E-state index in [0.29, 0.717) is 12.1 Å². The fourth-order valence-corrected chi connectivity index (χ4v) is 3.42. The summed E-state index contributed by atoms with van der Waals surface area (Å²) in [5.41, 5.74) is 1.67. The van der Waals surface area contributed by atoms with Gasteiger partial charge in [-0.25, -0.2) is 0 Å². The number of benzene rings is 1. The van der Waals surface area contributed by atoms with Crippen LogP contribution >= 0.6 is 0 Å². The summed E-state index contributed by atoms with van der Waals surface area (Å²) in [5.74, 6) is 2.30. The lowest BCUT2D eigenvalue weighted by Gasteiger charge is -2.22. The van der Waals surface area contributed by atoms with Crippen molar-refractivity contribution in [3.63, 3.8) is 0 Å². The second-order valence-electron chi connectivity index (χ2n) is 6.45. The van der Waals surface area contributed by atoms with Crippen molar-refractivity contribution in [3.05, 3.63) is 41.9 Å². The Morgan fingerprint density at radius 3 is 2.77 bits per heavy atom. The van der Waals surface area contributed by atoms with Crippen LogP contribution in [0.4, 0.5) is 0 Å². The Kier molecular flexibility index (Phi) is 4.71. The first kappa shape index (κ1) is 16.8. The molecule has 3 heterocycles. The molecule has 0 atom stereocenters. The van der Waals surface area contributed by atoms with Gasteiger partial charge in [-0.05, 0) is 18.6 Å². The van der Waals surface area contributed by atoms with E-state index in [1.54, 1.807) is 13.2 Å². The SMILES string of the molecule is COc1cc2c(cc1CN1CCCN(C(=O)c3ccoc3)CC1)OCO2. The van der Waals surface area contributed by atoms with Crippen LogP contribution in [0.15, 0.2) is 35.1 Å². The van der Waals surface area contributed by atoms with Gasteiger partial charge in [-0.15, -0.1) is 0 Å². The van der Waals surface area contributed by atoms with E-state index in [9.17, 15) is 4.79 Å². The maximum atomic E-state index is 12.5. The number of carbonyl (C=O) groups is 1. The third kappa shape index (κ3) is 3.35. The Balaban J connectivity index is 1.43. The molecule has 0 unspecified atom stereocenters. The van der Waals surface area contributed by atoms with E-state index in [0.717, 1.165) is 55.4 Å². The van der Waals surface area contributed by atoms with Crippen molar-refractivity contribution in [2.75, 3.05) is 40.1 Å². The quantitative estimate of drug-likeness (QED) is 0.836. The van der Waals surface area contributed by atoms with E-state index in [4.69, 9.17) is 18.6 Å². The minimum Gasteiger partial charge on any atom is -0.496 e. The lowest BCUT2D eigenvalue weighted by Crippen LogP contribution is -2.34. The molecule has 0 N–H and O–H groups in total. The zero-order valence-corrected chi connectivity index (χ0v) is 14.8. The summed E-state index contributed by atoms with van der Waals surface area (Å²) in [7, 11) is 1.66. The third-order valence-electron chi connectivity index (χ3n) is 4.81. The summed E-state index contributed by atoms with van der Waals surface area (Å²) in [6.07, 6.45) is 3.96. The van der Waals surface area contributed by atoms with Gasteiger partial charge in [0.05, 0.1) is 18.9 Å². The van der Waals surface area contributed by atoms with Gasteiger partial charge in [0.1, 0.15) is 12.0 Å². The molecule has 1 saturated heterocycles. The van der Waals surface area contributed by atoms with Gasteiger partial charge in [0, 0.05) is 44.4 Å². The Morgan fingerprint density at radius 1 is 1.15 bits per heavy atom. The summed E-state index contributed by atoms with van der Waals surface area (Å²) in [6.45, 7) is 4.16. The Hall–Kier alpha value is -2.67. The molecule has 1 aromatic heterocycles. The predicted molar refractivity (Wildman–Crippen MR) is 93.6 cm³/mol. The molecule has 1 amide bonds. The normalized spacial score (nSPS) is 17.2. The Labute approximate surface area is 152 Å². The van der Waals surface area contributed by atoms with E-state index in [-0.39, 0.29) is 12.7 Å². The minimum absolute atomic E-state index is 0.0289. The van der Waals surface area contributed by atoms with Gasteiger partial charge in [0.2, 0.25) is 6.79 Å². The molecule has 138 valence electrons. The molecule has 0 bridgehead atoms. The van der Waals surface area contributed by atoms with Crippen molar-refractivity contribution in [2.45, 2.75) is 13.0 Å². The molecular formula is C19H22N2O5. The van der Waals surface area contributed by atoms with Crippen LogP contribution in [0.5, 0.6) is 17.2 Å². The highest BCUT2D eigenvalue weighted by molar-refractivity contribution is 5.93. The van der Waals surface area contributed by atoms with Crippen molar-refractivity contribution in [1.29, 1.82) is 0 Å². The number of carbonyl (C=O) groups excluding carboxylic acids is 1. The molecule has 0 radical (unpaired) electrons. The van der Waals surface area contributed by atoms with Gasteiger partial charge in [0.15, 0.2) is 11.5 Å². The van der Waals surface area contributed by atoms with Gasteiger partial charge in [0.25, 0.3) is 5.91 Å². The molecule has 4 rings (SSSR count). The second kappa shape index (κ2) is 7.29. The Morgan fingerprint density at radius 2 is 2.00 bits per heavy atom. The van der Waals surface area contributed by atoms with Crippen molar-refractivity contribution in [2.24, 2.45) is 0 Å². The average molecular weight is 358 g/mol. The number of furan rings is 1. The van der Waals surface area contributed by atoms with Crippen LogP contribution in [0.1, 0.15) is 22.3 Å². The summed E-state index contributed by atoms with van der Waals surface area (Å²) in [5, 5.41) is 0.